The summed E-state index contributed by atoms with van der Waals surface area (Å²) in [6, 6.07) is 6.64. The second kappa shape index (κ2) is 7.16. The fourth-order valence-electron chi connectivity index (χ4n) is 3.23. The molecule has 1 aliphatic carbocycles. The van der Waals surface area contributed by atoms with E-state index in [9.17, 15) is 5.11 Å². The van der Waals surface area contributed by atoms with Gasteiger partial charge < -0.3 is 15.3 Å². The summed E-state index contributed by atoms with van der Waals surface area (Å²) in [6.45, 7) is 4.29. The monoisotopic (exact) mass is 277 g/mol. The van der Waals surface area contributed by atoms with E-state index in [2.05, 4.69) is 35.2 Å². The third kappa shape index (κ3) is 3.78. The van der Waals surface area contributed by atoms with E-state index in [-0.39, 0.29) is 12.1 Å². The number of pyridine rings is 1. The van der Waals surface area contributed by atoms with Crippen LogP contribution in [0.3, 0.4) is 0 Å². The fourth-order valence-corrected chi connectivity index (χ4v) is 3.23. The van der Waals surface area contributed by atoms with E-state index in [4.69, 9.17) is 0 Å². The largest absolute Gasteiger partial charge is 0.394 e. The van der Waals surface area contributed by atoms with E-state index < -0.39 is 0 Å². The molecule has 0 spiro atoms. The number of nitrogens with zero attached hydrogens (tertiary/aromatic N) is 2. The van der Waals surface area contributed by atoms with E-state index in [1.54, 1.807) is 0 Å². The van der Waals surface area contributed by atoms with Crippen LogP contribution < -0.4 is 5.32 Å². The molecule has 0 radical (unpaired) electrons. The summed E-state index contributed by atoms with van der Waals surface area (Å²) in [5.41, 5.74) is 1.09. The van der Waals surface area contributed by atoms with Crippen LogP contribution in [0.5, 0.6) is 0 Å². The average Bonchev–Trinajstić information content (AvgIpc) is 2.91. The SMILES string of the molecule is CCNC1(CO)CCC(N(C)CCc2ccccn2)C1. The third-order valence-electron chi connectivity index (χ3n) is 4.51. The molecule has 0 amide bonds. The summed E-state index contributed by atoms with van der Waals surface area (Å²) in [5, 5.41) is 13.1. The van der Waals surface area contributed by atoms with Crippen molar-refractivity contribution in [2.24, 2.45) is 0 Å². The number of aliphatic hydroxyl groups excluding tert-OH is 1. The minimum absolute atomic E-state index is 0.0569. The molecular weight excluding hydrogens is 250 g/mol. The highest BCUT2D eigenvalue weighted by molar-refractivity contribution is 5.04. The zero-order chi connectivity index (χ0) is 14.4. The van der Waals surface area contributed by atoms with Crippen molar-refractivity contribution in [2.75, 3.05) is 26.7 Å². The van der Waals surface area contributed by atoms with Crippen molar-refractivity contribution in [1.29, 1.82) is 0 Å². The smallest absolute Gasteiger partial charge is 0.0613 e. The number of likely N-dealkylation sites (N-methyl/N-ethyl adjacent to an activating group) is 2. The number of aliphatic hydroxyl groups is 1. The topological polar surface area (TPSA) is 48.4 Å². The average molecular weight is 277 g/mol. The van der Waals surface area contributed by atoms with E-state index in [1.165, 1.54) is 0 Å². The van der Waals surface area contributed by atoms with Gasteiger partial charge in [-0.25, -0.2) is 0 Å². The van der Waals surface area contributed by atoms with Crippen LogP contribution >= 0.6 is 0 Å². The summed E-state index contributed by atoms with van der Waals surface area (Å²) >= 11 is 0. The lowest BCUT2D eigenvalue weighted by atomic mass is 9.98. The number of aromatic nitrogens is 1. The maximum atomic E-state index is 9.66. The van der Waals surface area contributed by atoms with Crippen LogP contribution in [-0.4, -0.2) is 53.3 Å². The Kier molecular flexibility index (Phi) is 5.52. The summed E-state index contributed by atoms with van der Waals surface area (Å²) in [4.78, 5) is 6.79. The highest BCUT2D eigenvalue weighted by atomic mass is 16.3. The summed E-state index contributed by atoms with van der Waals surface area (Å²) in [6.07, 6.45) is 6.10. The van der Waals surface area contributed by atoms with E-state index in [1.807, 2.05) is 18.3 Å². The lowest BCUT2D eigenvalue weighted by Crippen LogP contribution is -2.47. The Morgan fingerprint density at radius 3 is 3.00 bits per heavy atom. The lowest BCUT2D eigenvalue weighted by molar-refractivity contribution is 0.152. The van der Waals surface area contributed by atoms with Gasteiger partial charge in [0.05, 0.1) is 6.61 Å². The highest BCUT2D eigenvalue weighted by Gasteiger charge is 2.39. The Balaban J connectivity index is 1.83. The first-order chi connectivity index (χ1) is 9.69. The number of rotatable bonds is 7. The van der Waals surface area contributed by atoms with Gasteiger partial charge in [0.25, 0.3) is 0 Å². The molecule has 4 nitrogen and oxygen atoms in total. The van der Waals surface area contributed by atoms with Gasteiger partial charge in [0.1, 0.15) is 0 Å². The van der Waals surface area contributed by atoms with Gasteiger partial charge in [0.15, 0.2) is 0 Å². The molecule has 1 saturated carbocycles. The van der Waals surface area contributed by atoms with Crippen LogP contribution in [0, 0.1) is 0 Å². The van der Waals surface area contributed by atoms with Crippen LogP contribution in [0.15, 0.2) is 24.4 Å². The molecule has 0 saturated heterocycles. The first-order valence-corrected chi connectivity index (χ1v) is 7.65. The summed E-state index contributed by atoms with van der Waals surface area (Å²) < 4.78 is 0. The molecule has 0 aromatic carbocycles. The van der Waals surface area contributed by atoms with Gasteiger partial charge in [-0.2, -0.15) is 0 Å². The zero-order valence-corrected chi connectivity index (χ0v) is 12.7. The summed E-state index contributed by atoms with van der Waals surface area (Å²) in [5.74, 6) is 0. The Morgan fingerprint density at radius 2 is 2.35 bits per heavy atom. The number of nitrogens with one attached hydrogen (secondary N) is 1. The second-order valence-electron chi connectivity index (χ2n) is 5.92. The van der Waals surface area contributed by atoms with E-state index >= 15 is 0 Å². The van der Waals surface area contributed by atoms with Crippen LogP contribution in [0.4, 0.5) is 0 Å². The number of hydrogen-bond acceptors (Lipinski definition) is 4. The van der Waals surface area contributed by atoms with Gasteiger partial charge in [0, 0.05) is 36.4 Å². The molecule has 1 fully saturated rings. The minimum atomic E-state index is -0.0569. The van der Waals surface area contributed by atoms with Gasteiger partial charge in [-0.1, -0.05) is 13.0 Å². The highest BCUT2D eigenvalue weighted by Crippen LogP contribution is 2.32. The van der Waals surface area contributed by atoms with Crippen LogP contribution in [0.2, 0.25) is 0 Å². The van der Waals surface area contributed by atoms with Gasteiger partial charge in [-0.3, -0.25) is 4.98 Å². The third-order valence-corrected chi connectivity index (χ3v) is 4.51. The van der Waals surface area contributed by atoms with Gasteiger partial charge >= 0.3 is 0 Å². The van der Waals surface area contributed by atoms with Gasteiger partial charge in [0.2, 0.25) is 0 Å². The predicted octanol–water partition coefficient (Wildman–Crippen LogP) is 1.45. The molecule has 4 heteroatoms. The molecule has 1 aromatic rings. The molecule has 0 aliphatic heterocycles. The molecule has 1 aliphatic rings. The van der Waals surface area contributed by atoms with Crippen molar-refractivity contribution in [3.05, 3.63) is 30.1 Å². The minimum Gasteiger partial charge on any atom is -0.394 e. The van der Waals surface area contributed by atoms with Crippen LogP contribution in [0.1, 0.15) is 31.9 Å². The maximum Gasteiger partial charge on any atom is 0.0613 e. The molecule has 2 N–H and O–H groups in total. The van der Waals surface area contributed by atoms with Crippen LogP contribution in [-0.2, 0) is 6.42 Å². The lowest BCUT2D eigenvalue weighted by Gasteiger charge is -2.30. The Hall–Kier alpha value is -0.970. The molecule has 112 valence electrons. The Morgan fingerprint density at radius 1 is 1.50 bits per heavy atom. The molecule has 2 rings (SSSR count). The molecule has 1 aromatic heterocycles. The Labute approximate surface area is 122 Å². The van der Waals surface area contributed by atoms with Gasteiger partial charge in [-0.15, -0.1) is 0 Å². The maximum absolute atomic E-state index is 9.66. The molecule has 1 heterocycles. The zero-order valence-electron chi connectivity index (χ0n) is 12.7. The molecule has 0 bridgehead atoms. The fraction of sp³-hybridized carbons (Fsp3) is 0.688. The molecule has 2 atom stereocenters. The van der Waals surface area contributed by atoms with Crippen molar-refractivity contribution in [1.82, 2.24) is 15.2 Å². The first kappa shape index (κ1) is 15.4. The van der Waals surface area contributed by atoms with Crippen molar-refractivity contribution in [3.8, 4) is 0 Å². The van der Waals surface area contributed by atoms with Crippen molar-refractivity contribution < 1.29 is 5.11 Å². The van der Waals surface area contributed by atoms with Crippen molar-refractivity contribution >= 4 is 0 Å². The second-order valence-corrected chi connectivity index (χ2v) is 5.92. The molecule has 2 unspecified atom stereocenters. The van der Waals surface area contributed by atoms with Crippen molar-refractivity contribution in [3.63, 3.8) is 0 Å². The van der Waals surface area contributed by atoms with Crippen molar-refractivity contribution in [2.45, 2.75) is 44.2 Å². The molecule has 20 heavy (non-hydrogen) atoms. The summed E-state index contributed by atoms with van der Waals surface area (Å²) in [7, 11) is 2.19. The number of hydrogen-bond donors (Lipinski definition) is 2. The van der Waals surface area contributed by atoms with E-state index in [0.717, 1.165) is 44.5 Å². The van der Waals surface area contributed by atoms with E-state index in [0.29, 0.717) is 6.04 Å². The normalized spacial score (nSPS) is 26.3. The Bertz CT molecular complexity index is 398. The van der Waals surface area contributed by atoms with Gasteiger partial charge in [-0.05, 0) is 45.0 Å². The molecular formula is C16H27N3O. The quantitative estimate of drug-likeness (QED) is 0.792. The van der Waals surface area contributed by atoms with Crippen LogP contribution in [0.25, 0.3) is 0 Å². The first-order valence-electron chi connectivity index (χ1n) is 7.65. The predicted molar refractivity (Wildman–Crippen MR) is 81.7 cm³/mol. The standard InChI is InChI=1S/C16H27N3O/c1-3-18-16(13-20)9-7-15(12-16)19(2)11-8-14-6-4-5-10-17-14/h4-6,10,15,18,20H,3,7-9,11-13H2,1-2H3.